The number of halogens is 1. The third-order valence-corrected chi connectivity index (χ3v) is 7.10. The number of benzene rings is 2. The van der Waals surface area contributed by atoms with Crippen LogP contribution in [0.2, 0.25) is 5.02 Å². The Morgan fingerprint density at radius 2 is 1.85 bits per heavy atom. The number of amides is 2. The van der Waals surface area contributed by atoms with Crippen molar-refractivity contribution in [2.75, 3.05) is 19.7 Å². The molecule has 7 heteroatoms. The Labute approximate surface area is 203 Å². The number of rotatable bonds is 7. The molecule has 33 heavy (non-hydrogen) atoms. The van der Waals surface area contributed by atoms with Crippen molar-refractivity contribution in [1.29, 1.82) is 0 Å². The van der Waals surface area contributed by atoms with Gasteiger partial charge in [0, 0.05) is 28.0 Å². The second kappa shape index (κ2) is 10.4. The van der Waals surface area contributed by atoms with Gasteiger partial charge in [0.15, 0.2) is 0 Å². The molecular weight excluding hydrogens is 456 g/mol. The number of fused-ring (bicyclic) bond motifs is 1. The van der Waals surface area contributed by atoms with Gasteiger partial charge in [0.25, 0.3) is 5.91 Å². The molecule has 1 aliphatic rings. The molecule has 172 valence electrons. The Kier molecular flexibility index (Phi) is 7.36. The molecule has 5 nitrogen and oxygen atoms in total. The van der Waals surface area contributed by atoms with Crippen LogP contribution in [0, 0.1) is 0 Å². The lowest BCUT2D eigenvalue weighted by Gasteiger charge is -2.37. The first-order chi connectivity index (χ1) is 15.9. The van der Waals surface area contributed by atoms with E-state index in [1.807, 2.05) is 49.1 Å². The number of ether oxygens (including phenoxy) is 1. The number of hydrogen-bond acceptors (Lipinski definition) is 4. The van der Waals surface area contributed by atoms with Crippen LogP contribution in [-0.2, 0) is 11.2 Å². The van der Waals surface area contributed by atoms with Gasteiger partial charge in [-0.25, -0.2) is 0 Å². The van der Waals surface area contributed by atoms with Gasteiger partial charge < -0.3 is 14.5 Å². The summed E-state index contributed by atoms with van der Waals surface area (Å²) in [6, 6.07) is 18.1. The Morgan fingerprint density at radius 3 is 2.55 bits per heavy atom. The molecule has 0 radical (unpaired) electrons. The van der Waals surface area contributed by atoms with Gasteiger partial charge in [0.05, 0.1) is 6.04 Å². The normalized spacial score (nSPS) is 15.3. The molecule has 1 aromatic heterocycles. The van der Waals surface area contributed by atoms with E-state index in [0.29, 0.717) is 29.5 Å². The van der Waals surface area contributed by atoms with Gasteiger partial charge in [-0.2, -0.15) is 0 Å². The minimum atomic E-state index is -0.205. The molecule has 1 atom stereocenters. The molecule has 1 aliphatic heterocycles. The molecule has 0 bridgehead atoms. The summed E-state index contributed by atoms with van der Waals surface area (Å²) in [7, 11) is 0. The smallest absolute Gasteiger partial charge is 0.254 e. The van der Waals surface area contributed by atoms with E-state index in [2.05, 4.69) is 11.4 Å². The summed E-state index contributed by atoms with van der Waals surface area (Å²) in [6.45, 7) is 4.84. The van der Waals surface area contributed by atoms with Crippen molar-refractivity contribution in [3.05, 3.63) is 87.1 Å². The van der Waals surface area contributed by atoms with Crippen LogP contribution in [0.3, 0.4) is 0 Å². The second-order valence-corrected chi connectivity index (χ2v) is 9.75. The molecule has 0 N–H and O–H groups in total. The first-order valence-corrected chi connectivity index (χ1v) is 12.3. The SMILES string of the molecule is CC(C)N(CC(=O)N1CCc2sccc2C1COc1ccc(Cl)cc1)C(=O)c1ccccc1. The Hall–Kier alpha value is -2.83. The molecule has 0 aliphatic carbocycles. The lowest BCUT2D eigenvalue weighted by atomic mass is 10.00. The van der Waals surface area contributed by atoms with Crippen LogP contribution >= 0.6 is 22.9 Å². The molecular formula is C26H27ClN2O3S. The van der Waals surface area contributed by atoms with Crippen LogP contribution in [0.15, 0.2) is 66.0 Å². The molecule has 1 unspecified atom stereocenters. The van der Waals surface area contributed by atoms with Gasteiger partial charge in [-0.05, 0) is 73.7 Å². The highest BCUT2D eigenvalue weighted by atomic mass is 35.5. The number of hydrogen-bond donors (Lipinski definition) is 0. The van der Waals surface area contributed by atoms with Crippen molar-refractivity contribution in [1.82, 2.24) is 9.80 Å². The fourth-order valence-electron chi connectivity index (χ4n) is 4.05. The maximum absolute atomic E-state index is 13.5. The third-order valence-electron chi connectivity index (χ3n) is 5.85. The van der Waals surface area contributed by atoms with E-state index in [-0.39, 0.29) is 30.4 Å². The summed E-state index contributed by atoms with van der Waals surface area (Å²) in [6.07, 6.45) is 0.810. The van der Waals surface area contributed by atoms with E-state index >= 15 is 0 Å². The van der Waals surface area contributed by atoms with Crippen LogP contribution in [0.25, 0.3) is 0 Å². The Balaban J connectivity index is 1.52. The fraction of sp³-hybridized carbons (Fsp3) is 0.308. The van der Waals surface area contributed by atoms with Crippen molar-refractivity contribution in [2.24, 2.45) is 0 Å². The standard InChI is InChI=1S/C26H27ClN2O3S/c1-18(2)29(26(31)19-6-4-3-5-7-19)16-25(30)28-14-12-24-22(13-15-33-24)23(28)17-32-21-10-8-20(27)9-11-21/h3-11,13,15,18,23H,12,14,16-17H2,1-2H3. The number of thiophene rings is 1. The first-order valence-electron chi connectivity index (χ1n) is 11.0. The molecule has 2 aromatic carbocycles. The molecule has 4 rings (SSSR count). The van der Waals surface area contributed by atoms with Crippen molar-refractivity contribution in [3.63, 3.8) is 0 Å². The summed E-state index contributed by atoms with van der Waals surface area (Å²) < 4.78 is 6.05. The number of carbonyl (C=O) groups excluding carboxylic acids is 2. The number of nitrogens with zero attached hydrogens (tertiary/aromatic N) is 2. The highest BCUT2D eigenvalue weighted by molar-refractivity contribution is 7.10. The number of carbonyl (C=O) groups is 2. The summed E-state index contributed by atoms with van der Waals surface area (Å²) >= 11 is 7.69. The quantitative estimate of drug-likeness (QED) is 0.449. The fourth-order valence-corrected chi connectivity index (χ4v) is 5.11. The van der Waals surface area contributed by atoms with E-state index in [0.717, 1.165) is 12.0 Å². The monoisotopic (exact) mass is 482 g/mol. The van der Waals surface area contributed by atoms with Gasteiger partial charge >= 0.3 is 0 Å². The first kappa shape index (κ1) is 23.3. The van der Waals surface area contributed by atoms with E-state index in [1.54, 1.807) is 40.5 Å². The van der Waals surface area contributed by atoms with Gasteiger partial charge in [0.1, 0.15) is 18.9 Å². The largest absolute Gasteiger partial charge is 0.491 e. The minimum absolute atomic E-state index is 0.0301. The van der Waals surface area contributed by atoms with Crippen molar-refractivity contribution in [2.45, 2.75) is 32.4 Å². The van der Waals surface area contributed by atoms with Crippen LogP contribution in [0.1, 0.15) is 40.7 Å². The predicted molar refractivity (Wildman–Crippen MR) is 132 cm³/mol. The van der Waals surface area contributed by atoms with E-state index < -0.39 is 0 Å². The summed E-state index contributed by atoms with van der Waals surface area (Å²) in [5.41, 5.74) is 1.71. The lowest BCUT2D eigenvalue weighted by Crippen LogP contribution is -2.49. The topological polar surface area (TPSA) is 49.9 Å². The molecule has 2 heterocycles. The summed E-state index contributed by atoms with van der Waals surface area (Å²) in [5.74, 6) is 0.493. The summed E-state index contributed by atoms with van der Waals surface area (Å²) in [5, 5.41) is 2.71. The zero-order valence-electron chi connectivity index (χ0n) is 18.7. The van der Waals surface area contributed by atoms with E-state index in [1.165, 1.54) is 4.88 Å². The molecule has 0 spiro atoms. The van der Waals surface area contributed by atoms with E-state index in [4.69, 9.17) is 16.3 Å². The zero-order chi connectivity index (χ0) is 23.4. The van der Waals surface area contributed by atoms with E-state index in [9.17, 15) is 9.59 Å². The third kappa shape index (κ3) is 5.40. The molecule has 3 aromatic rings. The maximum Gasteiger partial charge on any atom is 0.254 e. The molecule has 0 saturated carbocycles. The predicted octanol–water partition coefficient (Wildman–Crippen LogP) is 5.46. The van der Waals surface area contributed by atoms with Crippen LogP contribution in [-0.4, -0.2) is 47.4 Å². The Morgan fingerprint density at radius 1 is 1.12 bits per heavy atom. The van der Waals surface area contributed by atoms with Gasteiger partial charge in [0.2, 0.25) is 5.91 Å². The highest BCUT2D eigenvalue weighted by Crippen LogP contribution is 2.34. The molecule has 2 amide bonds. The second-order valence-electron chi connectivity index (χ2n) is 8.31. The maximum atomic E-state index is 13.5. The average molecular weight is 483 g/mol. The van der Waals surface area contributed by atoms with Crippen LogP contribution in [0.5, 0.6) is 5.75 Å². The van der Waals surface area contributed by atoms with Gasteiger partial charge in [-0.3, -0.25) is 9.59 Å². The lowest BCUT2D eigenvalue weighted by molar-refractivity contribution is -0.136. The zero-order valence-corrected chi connectivity index (χ0v) is 20.3. The summed E-state index contributed by atoms with van der Waals surface area (Å²) in [4.78, 5) is 31.4. The minimum Gasteiger partial charge on any atom is -0.491 e. The average Bonchev–Trinajstić information content (AvgIpc) is 3.31. The van der Waals surface area contributed by atoms with Crippen molar-refractivity contribution < 1.29 is 14.3 Å². The van der Waals surface area contributed by atoms with Crippen molar-refractivity contribution >= 4 is 34.8 Å². The Bertz CT molecular complexity index is 1100. The van der Waals surface area contributed by atoms with Gasteiger partial charge in [-0.15, -0.1) is 11.3 Å². The molecule has 0 fully saturated rings. The van der Waals surface area contributed by atoms with Gasteiger partial charge in [-0.1, -0.05) is 29.8 Å². The molecule has 0 saturated heterocycles. The van der Waals surface area contributed by atoms with Crippen LogP contribution < -0.4 is 4.74 Å². The highest BCUT2D eigenvalue weighted by Gasteiger charge is 2.34. The van der Waals surface area contributed by atoms with Crippen LogP contribution in [0.4, 0.5) is 0 Å². The van der Waals surface area contributed by atoms with Crippen molar-refractivity contribution in [3.8, 4) is 5.75 Å².